The smallest absolute Gasteiger partial charge is 0.354 e. The van der Waals surface area contributed by atoms with E-state index >= 15 is 0 Å². The monoisotopic (exact) mass is 1790 g/mol. The van der Waals surface area contributed by atoms with Gasteiger partial charge < -0.3 is 90.2 Å². The average Bonchev–Trinajstić information content (AvgIpc) is 0.848. The Morgan fingerprint density at radius 3 is 0.992 bits per heavy atom. The largest absolute Gasteiger partial charge is 0.481 e. The Bertz CT molecular complexity index is 4650. The summed E-state index contributed by atoms with van der Waals surface area (Å²) >= 11 is 0. The third-order valence-electron chi connectivity index (χ3n) is 15.0. The molecule has 36 nitrogen and oxygen atoms in total. The van der Waals surface area contributed by atoms with Gasteiger partial charge in [0.2, 0.25) is 35.4 Å². The van der Waals surface area contributed by atoms with Crippen molar-refractivity contribution < 1.29 is 152 Å². The van der Waals surface area contributed by atoms with Crippen LogP contribution in [0, 0.1) is 11.8 Å². The molecule has 0 aliphatic heterocycles. The van der Waals surface area contributed by atoms with Crippen LogP contribution in [0.15, 0.2) is 223 Å². The summed E-state index contributed by atoms with van der Waals surface area (Å²) in [4.78, 5) is 193. The van der Waals surface area contributed by atoms with E-state index in [1.165, 1.54) is 104 Å². The summed E-state index contributed by atoms with van der Waals surface area (Å²) in [5.41, 5.74) is 5.79. The van der Waals surface area contributed by atoms with Gasteiger partial charge in [-0.2, -0.15) is 0 Å². The number of hydrogen-bond acceptors (Lipinski definition) is 26. The summed E-state index contributed by atoms with van der Waals surface area (Å²) in [6, 6.07) is 53.8. The summed E-state index contributed by atoms with van der Waals surface area (Å²) in [5, 5.41) is 49.1. The van der Waals surface area contributed by atoms with Crippen LogP contribution in [-0.4, -0.2) is 203 Å². The highest BCUT2D eigenvalue weighted by Gasteiger charge is 2.22. The van der Waals surface area contributed by atoms with Gasteiger partial charge in [0, 0.05) is 72.7 Å². The van der Waals surface area contributed by atoms with E-state index in [-0.39, 0.29) is 78.1 Å². The first-order chi connectivity index (χ1) is 60.2. The highest BCUT2D eigenvalue weighted by atomic mass is 16.6. The zero-order valence-electron chi connectivity index (χ0n) is 74.8. The molecule has 36 heteroatoms. The van der Waals surface area contributed by atoms with Gasteiger partial charge in [-0.05, 0) is 71.9 Å². The summed E-state index contributed by atoms with van der Waals surface area (Å²) in [5.74, 6) is -10.3. The quantitative estimate of drug-likeness (QED) is 0.0119. The molecule has 5 atom stereocenters. The lowest BCUT2D eigenvalue weighted by Crippen LogP contribution is -2.41. The molecule has 5 unspecified atom stereocenters. The second kappa shape index (κ2) is 71.0. The summed E-state index contributed by atoms with van der Waals surface area (Å²) in [6.45, 7) is 21.0. The van der Waals surface area contributed by atoms with Gasteiger partial charge in [-0.1, -0.05) is 209 Å². The molecular weight excluding hydrogens is 1670 g/mol. The lowest BCUT2D eigenvalue weighted by molar-refractivity contribution is -0.151. The Balaban J connectivity index is -0.000000184. The summed E-state index contributed by atoms with van der Waals surface area (Å²) in [6.07, 6.45) is 5.91. The molecule has 0 aromatic heterocycles. The number of carboxylic acid groups (broad SMARTS) is 4. The number of carboxylic acids is 4. The fraction of sp³-hybridized carbons (Fsp3) is 0.304. The number of hydrogen-bond donors (Lipinski definition) is 10. The molecule has 0 radical (unpaired) electrons. The van der Waals surface area contributed by atoms with Crippen molar-refractivity contribution in [3.8, 4) is 0 Å². The van der Waals surface area contributed by atoms with Crippen LogP contribution in [0.2, 0.25) is 0 Å². The highest BCUT2D eigenvalue weighted by Crippen LogP contribution is 2.12. The molecule has 0 saturated heterocycles. The van der Waals surface area contributed by atoms with Gasteiger partial charge in [0.05, 0.1) is 81.6 Å². The Kier molecular flexibility index (Phi) is 65.8. The van der Waals surface area contributed by atoms with Gasteiger partial charge >= 0.3 is 71.6 Å². The van der Waals surface area contributed by atoms with E-state index in [1.54, 1.807) is 64.1 Å². The van der Waals surface area contributed by atoms with Crippen LogP contribution in [0.1, 0.15) is 123 Å². The Morgan fingerprint density at radius 1 is 0.336 bits per heavy atom. The van der Waals surface area contributed by atoms with E-state index in [1.807, 2.05) is 158 Å². The first-order valence-electron chi connectivity index (χ1n) is 38.2. The normalized spacial score (nSPS) is 11.0. The molecule has 704 valence electrons. The number of ether oxygens (including phenoxy) is 8. The van der Waals surface area contributed by atoms with E-state index in [9.17, 15) is 86.3 Å². The topological polar surface area (TPSA) is 534 Å². The van der Waals surface area contributed by atoms with Crippen molar-refractivity contribution in [3.05, 3.63) is 257 Å². The maximum atomic E-state index is 11.4. The maximum Gasteiger partial charge on any atom is 0.354 e. The van der Waals surface area contributed by atoms with Gasteiger partial charge in [0.1, 0.15) is 35.2 Å². The lowest BCUT2D eigenvalue weighted by Gasteiger charge is -2.15. The van der Waals surface area contributed by atoms with Gasteiger partial charge in [-0.15, -0.1) is 0 Å². The Hall–Kier alpha value is -15.5. The molecule has 0 aliphatic rings. The third-order valence-corrected chi connectivity index (χ3v) is 15.0. The fourth-order valence-electron chi connectivity index (χ4n) is 8.87. The van der Waals surface area contributed by atoms with Crippen LogP contribution in [0.4, 0.5) is 0 Å². The Morgan fingerprint density at radius 2 is 0.672 bits per heavy atom. The van der Waals surface area contributed by atoms with Crippen LogP contribution in [-0.2, 0) is 143 Å². The molecule has 0 heterocycles. The standard InChI is InChI=1S/C12H15NO3.C12H13NO3.C11H13NO3.C11H11NO3.C10H12O2.C10H10O2.C7H12O4.C7H10O4.C6H11NO3.C6H9NO3.5H2/c2*1-9(14)13-11(12(15)16-2)8-10-6-4-3-5-7-10;2*1-8(13)12-10(11(14)15)7-9-5-3-2-4-6-9;2*1-8(10(11)12)7-9-5-3-2-4-6-9;2*1-5(7(9)11-3)4-6(8)10-2;2*1-4(6(9)10-3)7-5(2)8;;;;;/h3-7,11H,8H2,1-2H3,(H,13,14);3-8H,1-2H3,(H,13,14);2-6,10H,7H2,1H3,(H,12,13)(H,14,15);2-7H,1H3,(H,12,13)(H,14,15);2-6,8H,7H2,1H3,(H,11,12);2-7H,1H3,(H,11,12);5H,4H2,1-3H3;1,4H2,2-3H3;4H,1-3H3,(H,7,8);1H2,2-3H3,(H,7,8);5*1H/b;11-8-;;10-7-;;8-7+;;;;;;;;;. The second-order valence-electron chi connectivity index (χ2n) is 26.0. The first kappa shape index (κ1) is 119. The number of nitrogens with one attached hydrogen (secondary N) is 6. The van der Waals surface area contributed by atoms with Gasteiger partial charge in [0.15, 0.2) is 0 Å². The average molecular weight is 1800 g/mol. The molecular formula is C92H126N6O30. The molecule has 0 fully saturated rings. The number of methoxy groups -OCH3 is 8. The van der Waals surface area contributed by atoms with E-state index in [4.69, 9.17) is 20.4 Å². The van der Waals surface area contributed by atoms with E-state index in [0.29, 0.717) is 24.8 Å². The van der Waals surface area contributed by atoms with Crippen LogP contribution >= 0.6 is 0 Å². The first-order valence-corrected chi connectivity index (χ1v) is 38.2. The van der Waals surface area contributed by atoms with Gasteiger partial charge in [0.25, 0.3) is 0 Å². The highest BCUT2D eigenvalue weighted by molar-refractivity contribution is 5.98. The molecule has 0 aliphatic carbocycles. The zero-order chi connectivity index (χ0) is 98.4. The lowest BCUT2D eigenvalue weighted by atomic mass is 10.0. The predicted octanol–water partition coefficient (Wildman–Crippen LogP) is 9.79. The second-order valence-corrected chi connectivity index (χ2v) is 26.0. The number of amides is 6. The minimum absolute atomic E-state index is 0. The van der Waals surface area contributed by atoms with Gasteiger partial charge in [-0.3, -0.25) is 47.9 Å². The van der Waals surface area contributed by atoms with Gasteiger partial charge in [-0.25, -0.2) is 38.4 Å². The molecule has 6 amide bonds. The summed E-state index contributed by atoms with van der Waals surface area (Å²) < 4.78 is 35.2. The number of rotatable bonds is 29. The predicted molar refractivity (Wildman–Crippen MR) is 482 cm³/mol. The van der Waals surface area contributed by atoms with E-state index in [2.05, 4.69) is 83.0 Å². The number of esters is 8. The Labute approximate surface area is 750 Å². The minimum atomic E-state index is -1.16. The minimum Gasteiger partial charge on any atom is -0.481 e. The van der Waals surface area contributed by atoms with Crippen molar-refractivity contribution in [1.29, 1.82) is 0 Å². The van der Waals surface area contributed by atoms with Crippen molar-refractivity contribution in [2.75, 3.05) is 56.9 Å². The van der Waals surface area contributed by atoms with Crippen LogP contribution < -0.4 is 31.9 Å². The number of aliphatic carboxylic acids is 4. The van der Waals surface area contributed by atoms with Crippen LogP contribution in [0.25, 0.3) is 18.2 Å². The summed E-state index contributed by atoms with van der Waals surface area (Å²) in [7, 11) is 10.1. The van der Waals surface area contributed by atoms with Crippen molar-refractivity contribution in [1.82, 2.24) is 31.9 Å². The third kappa shape index (κ3) is 63.4. The SMILES string of the molecule is C/C(=C\c1ccccc1)C(=O)O.C=C(CC(=O)OC)C(=O)OC.C=C(NC(C)=O)C(=O)OC.CC(=O)N/C(=C\c1ccccc1)C(=O)O.CC(=O)NC(Cc1ccccc1)C(=O)O.CC(Cc1ccccc1)C(=O)O.COC(=O)/C(=C/c1ccccc1)NC(C)=O.COC(=O)C(C)NC(C)=O.COC(=O)C(Cc1ccccc1)NC(C)=O.COC(=O)CC(C)C(=O)OC.[HH].[HH].[HH].[HH].[HH]. The number of carbonyl (C=O) groups is 18. The molecule has 0 saturated carbocycles. The molecule has 6 aromatic rings. The van der Waals surface area contributed by atoms with Crippen LogP contribution in [0.3, 0.4) is 0 Å². The molecule has 0 spiro atoms. The van der Waals surface area contributed by atoms with E-state index < -0.39 is 102 Å². The molecule has 6 aromatic carbocycles. The van der Waals surface area contributed by atoms with Crippen molar-refractivity contribution in [2.24, 2.45) is 11.8 Å². The van der Waals surface area contributed by atoms with E-state index in [0.717, 1.165) is 33.4 Å². The molecule has 128 heavy (non-hydrogen) atoms. The number of benzene rings is 6. The fourth-order valence-corrected chi connectivity index (χ4v) is 8.87. The zero-order valence-corrected chi connectivity index (χ0v) is 74.8. The molecule has 6 rings (SSSR count). The van der Waals surface area contributed by atoms with Crippen molar-refractivity contribution in [2.45, 2.75) is 119 Å². The van der Waals surface area contributed by atoms with Crippen molar-refractivity contribution >= 4 is 125 Å². The maximum absolute atomic E-state index is 11.4. The molecule has 10 N–H and O–H groups in total. The van der Waals surface area contributed by atoms with Crippen LogP contribution in [0.5, 0.6) is 0 Å². The van der Waals surface area contributed by atoms with Crippen molar-refractivity contribution in [3.63, 3.8) is 0 Å². The number of carbonyl (C=O) groups excluding carboxylic acids is 14. The molecule has 0 bridgehead atoms.